The molecule has 13 heteroatoms. The lowest BCUT2D eigenvalue weighted by molar-refractivity contribution is -0.123. The Morgan fingerprint density at radius 1 is 0.956 bits per heavy atom. The molecule has 1 N–H and O–H groups in total. The number of nitrogens with zero attached hydrogens (tertiary/aromatic N) is 6. The van der Waals surface area contributed by atoms with Crippen molar-refractivity contribution in [2.45, 2.75) is 32.4 Å². The molecular weight excluding hydrogens is 578 g/mol. The Labute approximate surface area is 261 Å². The summed E-state index contributed by atoms with van der Waals surface area (Å²) in [4.78, 5) is 44.4. The number of aromatic nitrogens is 4. The SMILES string of the molecule is CCCc1cc(N2CCN(C(=O)Oc3ccc(OC)cc3)CC2C(=O)NCc2c(OC)cccc2OC)nc(-n2ccnc2)n1. The Kier molecular flexibility index (Phi) is 9.97. The summed E-state index contributed by atoms with van der Waals surface area (Å²) in [7, 11) is 4.70. The lowest BCUT2D eigenvalue weighted by atomic mass is 10.1. The van der Waals surface area contributed by atoms with E-state index in [0.29, 0.717) is 53.4 Å². The molecule has 5 rings (SSSR count). The van der Waals surface area contributed by atoms with Gasteiger partial charge in [0, 0.05) is 37.2 Å². The van der Waals surface area contributed by atoms with Crippen molar-refractivity contribution in [3.05, 3.63) is 78.5 Å². The number of methoxy groups -OCH3 is 3. The summed E-state index contributed by atoms with van der Waals surface area (Å²) in [5, 5.41) is 3.03. The number of carbonyl (C=O) groups excluding carboxylic acids is 2. The third-order valence-electron chi connectivity index (χ3n) is 7.46. The quantitative estimate of drug-likeness (QED) is 0.267. The molecule has 45 heavy (non-hydrogen) atoms. The van der Waals surface area contributed by atoms with Gasteiger partial charge in [-0.3, -0.25) is 9.36 Å². The van der Waals surface area contributed by atoms with E-state index in [1.54, 1.807) is 68.9 Å². The number of aryl methyl sites for hydroxylation is 1. The van der Waals surface area contributed by atoms with Crippen molar-refractivity contribution in [1.29, 1.82) is 0 Å². The number of hydrogen-bond donors (Lipinski definition) is 1. The predicted molar refractivity (Wildman–Crippen MR) is 166 cm³/mol. The molecule has 236 valence electrons. The molecule has 3 heterocycles. The summed E-state index contributed by atoms with van der Waals surface area (Å²) >= 11 is 0. The second-order valence-electron chi connectivity index (χ2n) is 10.3. The number of hydrogen-bond acceptors (Lipinski definition) is 10. The van der Waals surface area contributed by atoms with E-state index in [4.69, 9.17) is 28.9 Å². The number of ether oxygens (including phenoxy) is 4. The van der Waals surface area contributed by atoms with E-state index in [9.17, 15) is 9.59 Å². The first-order valence-electron chi connectivity index (χ1n) is 14.6. The number of benzene rings is 2. The van der Waals surface area contributed by atoms with Crippen molar-refractivity contribution in [2.24, 2.45) is 0 Å². The molecule has 1 unspecified atom stereocenters. The van der Waals surface area contributed by atoms with Crippen LogP contribution in [0.4, 0.5) is 10.6 Å². The van der Waals surface area contributed by atoms with Crippen LogP contribution in [0.3, 0.4) is 0 Å². The van der Waals surface area contributed by atoms with E-state index < -0.39 is 12.1 Å². The van der Waals surface area contributed by atoms with E-state index in [1.807, 2.05) is 29.2 Å². The van der Waals surface area contributed by atoms with Gasteiger partial charge in [0.15, 0.2) is 0 Å². The molecule has 2 aromatic heterocycles. The van der Waals surface area contributed by atoms with Gasteiger partial charge in [0.25, 0.3) is 0 Å². The van der Waals surface area contributed by atoms with Crippen molar-refractivity contribution in [3.63, 3.8) is 0 Å². The lowest BCUT2D eigenvalue weighted by Crippen LogP contribution is -2.61. The van der Waals surface area contributed by atoms with Crippen LogP contribution in [0.25, 0.3) is 5.95 Å². The predicted octanol–water partition coefficient (Wildman–Crippen LogP) is 3.65. The topological polar surface area (TPSA) is 133 Å². The van der Waals surface area contributed by atoms with Gasteiger partial charge in [0.2, 0.25) is 11.9 Å². The molecule has 0 radical (unpaired) electrons. The zero-order valence-electron chi connectivity index (χ0n) is 25.8. The molecule has 1 aliphatic heterocycles. The monoisotopic (exact) mass is 615 g/mol. The lowest BCUT2D eigenvalue weighted by Gasteiger charge is -2.40. The molecule has 2 aromatic carbocycles. The standard InChI is InChI=1S/C32H37N7O6/c1-5-7-22-18-29(36-31(35-22)38-15-14-33-21-38)39-17-16-37(32(41)45-24-12-10-23(42-2)11-13-24)20-26(39)30(40)34-19-25-27(43-3)8-6-9-28(25)44-4/h6,8-15,18,21,26H,5,7,16-17,19-20H2,1-4H3,(H,34,40). The molecule has 4 aromatic rings. The number of imidazole rings is 1. The van der Waals surface area contributed by atoms with Crippen LogP contribution in [-0.4, -0.2) is 83.4 Å². The summed E-state index contributed by atoms with van der Waals surface area (Å²) in [5.74, 6) is 2.93. The number of carbonyl (C=O) groups is 2. The van der Waals surface area contributed by atoms with Gasteiger partial charge in [-0.25, -0.2) is 14.8 Å². The van der Waals surface area contributed by atoms with Crippen molar-refractivity contribution < 1.29 is 28.5 Å². The summed E-state index contributed by atoms with van der Waals surface area (Å²) < 4.78 is 23.6. The molecule has 1 saturated heterocycles. The smallest absolute Gasteiger partial charge is 0.415 e. The summed E-state index contributed by atoms with van der Waals surface area (Å²) in [6.07, 6.45) is 6.12. The van der Waals surface area contributed by atoms with Crippen LogP contribution in [0.2, 0.25) is 0 Å². The van der Waals surface area contributed by atoms with Crippen LogP contribution in [-0.2, 0) is 17.8 Å². The van der Waals surface area contributed by atoms with Crippen LogP contribution >= 0.6 is 0 Å². The average molecular weight is 616 g/mol. The van der Waals surface area contributed by atoms with Crippen LogP contribution in [0.15, 0.2) is 67.3 Å². The second kappa shape index (κ2) is 14.4. The molecule has 0 saturated carbocycles. The van der Waals surface area contributed by atoms with Crippen molar-refractivity contribution >= 4 is 17.8 Å². The van der Waals surface area contributed by atoms with Gasteiger partial charge >= 0.3 is 6.09 Å². The van der Waals surface area contributed by atoms with Crippen molar-refractivity contribution in [1.82, 2.24) is 29.7 Å². The highest BCUT2D eigenvalue weighted by molar-refractivity contribution is 5.86. The van der Waals surface area contributed by atoms with Crippen molar-refractivity contribution in [2.75, 3.05) is 45.9 Å². The Morgan fingerprint density at radius 2 is 1.69 bits per heavy atom. The first kappa shape index (κ1) is 31.1. The molecule has 2 amide bonds. The van der Waals surface area contributed by atoms with Gasteiger partial charge in [-0.15, -0.1) is 0 Å². The maximum atomic E-state index is 14.0. The Hall–Kier alpha value is -5.33. The van der Waals surface area contributed by atoms with Crippen LogP contribution in [0.1, 0.15) is 24.6 Å². The second-order valence-corrected chi connectivity index (χ2v) is 10.3. The molecule has 0 aliphatic carbocycles. The number of anilines is 1. The fraction of sp³-hybridized carbons (Fsp3) is 0.344. The van der Waals surface area contributed by atoms with Crippen LogP contribution < -0.4 is 29.2 Å². The molecule has 1 fully saturated rings. The number of nitrogens with one attached hydrogen (secondary N) is 1. The minimum atomic E-state index is -0.789. The molecule has 0 bridgehead atoms. The highest BCUT2D eigenvalue weighted by atomic mass is 16.6. The Balaban J connectivity index is 1.43. The van der Waals surface area contributed by atoms with Gasteiger partial charge in [0.1, 0.15) is 41.2 Å². The van der Waals surface area contributed by atoms with E-state index in [1.165, 1.54) is 4.90 Å². The summed E-state index contributed by atoms with van der Waals surface area (Å²) in [5.41, 5.74) is 1.54. The van der Waals surface area contributed by atoms with Gasteiger partial charge in [0.05, 0.1) is 40.0 Å². The number of rotatable bonds is 11. The van der Waals surface area contributed by atoms with Gasteiger partial charge in [-0.2, -0.15) is 4.98 Å². The molecule has 0 spiro atoms. The van der Waals surface area contributed by atoms with E-state index in [2.05, 4.69) is 17.2 Å². The highest BCUT2D eigenvalue weighted by Crippen LogP contribution is 2.29. The van der Waals surface area contributed by atoms with Crippen LogP contribution in [0, 0.1) is 0 Å². The molecular formula is C32H37N7O6. The summed E-state index contributed by atoms with van der Waals surface area (Å²) in [6.45, 7) is 2.94. The van der Waals surface area contributed by atoms with Crippen molar-refractivity contribution in [3.8, 4) is 28.9 Å². The average Bonchev–Trinajstić information content (AvgIpc) is 3.62. The number of piperazine rings is 1. The minimum absolute atomic E-state index is 0.0669. The van der Waals surface area contributed by atoms with E-state index >= 15 is 0 Å². The zero-order chi connectivity index (χ0) is 31.8. The Bertz CT molecular complexity index is 1570. The van der Waals surface area contributed by atoms with E-state index in [0.717, 1.165) is 18.5 Å². The van der Waals surface area contributed by atoms with Gasteiger partial charge < -0.3 is 34.1 Å². The zero-order valence-corrected chi connectivity index (χ0v) is 25.8. The van der Waals surface area contributed by atoms with E-state index in [-0.39, 0.29) is 19.0 Å². The fourth-order valence-electron chi connectivity index (χ4n) is 5.15. The minimum Gasteiger partial charge on any atom is -0.497 e. The summed E-state index contributed by atoms with van der Waals surface area (Å²) in [6, 6.07) is 13.3. The third-order valence-corrected chi connectivity index (χ3v) is 7.46. The van der Waals surface area contributed by atoms with Gasteiger partial charge in [-0.05, 0) is 42.8 Å². The van der Waals surface area contributed by atoms with Gasteiger partial charge in [-0.1, -0.05) is 19.4 Å². The normalized spacial score (nSPS) is 14.5. The first-order chi connectivity index (χ1) is 21.9. The third kappa shape index (κ3) is 7.25. The maximum absolute atomic E-state index is 14.0. The maximum Gasteiger partial charge on any atom is 0.415 e. The fourth-order valence-corrected chi connectivity index (χ4v) is 5.15. The molecule has 13 nitrogen and oxygen atoms in total. The largest absolute Gasteiger partial charge is 0.497 e. The number of amides is 2. The molecule has 1 aliphatic rings. The van der Waals surface area contributed by atoms with Crippen LogP contribution in [0.5, 0.6) is 23.0 Å². The highest BCUT2D eigenvalue weighted by Gasteiger charge is 2.36. The first-order valence-corrected chi connectivity index (χ1v) is 14.6. The Morgan fingerprint density at radius 3 is 2.33 bits per heavy atom. The molecule has 1 atom stereocenters.